The Balaban J connectivity index is 2.55. The zero-order valence-corrected chi connectivity index (χ0v) is 10.4. The first-order valence-corrected chi connectivity index (χ1v) is 6.05. The molecular weight excluding hydrogens is 288 g/mol. The van der Waals surface area contributed by atoms with E-state index in [1.807, 2.05) is 0 Å². The Morgan fingerprint density at radius 1 is 1.35 bits per heavy atom. The van der Waals surface area contributed by atoms with E-state index in [4.69, 9.17) is 9.52 Å². The van der Waals surface area contributed by atoms with E-state index in [-0.39, 0.29) is 6.42 Å². The third-order valence-corrected chi connectivity index (χ3v) is 2.98. The van der Waals surface area contributed by atoms with Gasteiger partial charge in [-0.05, 0) is 17.7 Å². The molecule has 2 aromatic rings. The standard InChI is InChI=1S/C12H9BrO4/c13-6-9-5-8-2-1-7(4-11(14)15)3-10(8)17-12(9)16/h1-3,5H,4,6H2,(H,14,15). The summed E-state index contributed by atoms with van der Waals surface area (Å²) < 4.78 is 5.13. The van der Waals surface area contributed by atoms with Gasteiger partial charge in [-0.15, -0.1) is 0 Å². The van der Waals surface area contributed by atoms with Gasteiger partial charge in [0, 0.05) is 16.3 Å². The molecule has 0 atom stereocenters. The third-order valence-electron chi connectivity index (χ3n) is 2.37. The van der Waals surface area contributed by atoms with Crippen LogP contribution in [0.25, 0.3) is 11.0 Å². The summed E-state index contributed by atoms with van der Waals surface area (Å²) in [5.41, 5.74) is 1.17. The topological polar surface area (TPSA) is 67.5 Å². The highest BCUT2D eigenvalue weighted by molar-refractivity contribution is 9.08. The summed E-state index contributed by atoms with van der Waals surface area (Å²) in [6.45, 7) is 0. The Morgan fingerprint density at radius 3 is 2.76 bits per heavy atom. The molecule has 0 aliphatic rings. The van der Waals surface area contributed by atoms with E-state index in [9.17, 15) is 9.59 Å². The van der Waals surface area contributed by atoms with Crippen LogP contribution < -0.4 is 5.63 Å². The van der Waals surface area contributed by atoms with Gasteiger partial charge in [-0.3, -0.25) is 4.79 Å². The predicted molar refractivity (Wildman–Crippen MR) is 66.5 cm³/mol. The zero-order chi connectivity index (χ0) is 12.4. The molecule has 0 saturated heterocycles. The van der Waals surface area contributed by atoms with E-state index >= 15 is 0 Å². The number of aliphatic carboxylic acids is 1. The van der Waals surface area contributed by atoms with Crippen molar-refractivity contribution < 1.29 is 14.3 Å². The van der Waals surface area contributed by atoms with Crippen LogP contribution in [-0.4, -0.2) is 11.1 Å². The smallest absolute Gasteiger partial charge is 0.340 e. The first-order valence-electron chi connectivity index (χ1n) is 4.93. The van der Waals surface area contributed by atoms with Crippen molar-refractivity contribution in [2.75, 3.05) is 0 Å². The van der Waals surface area contributed by atoms with Crippen molar-refractivity contribution in [1.82, 2.24) is 0 Å². The van der Waals surface area contributed by atoms with Gasteiger partial charge in [0.05, 0.1) is 6.42 Å². The van der Waals surface area contributed by atoms with Crippen LogP contribution in [0.15, 0.2) is 33.5 Å². The molecule has 0 amide bonds. The van der Waals surface area contributed by atoms with Gasteiger partial charge in [0.2, 0.25) is 0 Å². The molecule has 88 valence electrons. The molecule has 1 aromatic heterocycles. The fourth-order valence-corrected chi connectivity index (χ4v) is 1.97. The van der Waals surface area contributed by atoms with Gasteiger partial charge in [0.1, 0.15) is 5.58 Å². The van der Waals surface area contributed by atoms with Crippen molar-refractivity contribution in [2.24, 2.45) is 0 Å². The summed E-state index contributed by atoms with van der Waals surface area (Å²) in [4.78, 5) is 22.1. The lowest BCUT2D eigenvalue weighted by Gasteiger charge is -2.01. The lowest BCUT2D eigenvalue weighted by Crippen LogP contribution is -2.05. The summed E-state index contributed by atoms with van der Waals surface area (Å²) >= 11 is 3.20. The summed E-state index contributed by atoms with van der Waals surface area (Å²) in [5.74, 6) is -0.913. The zero-order valence-electron chi connectivity index (χ0n) is 8.77. The number of hydrogen-bond donors (Lipinski definition) is 1. The lowest BCUT2D eigenvalue weighted by atomic mass is 10.1. The number of carboxylic acids is 1. The minimum atomic E-state index is -0.913. The molecule has 0 saturated carbocycles. The normalized spacial score (nSPS) is 10.6. The van der Waals surface area contributed by atoms with E-state index in [0.717, 1.165) is 5.39 Å². The number of fused-ring (bicyclic) bond motifs is 1. The molecule has 0 aliphatic carbocycles. The minimum Gasteiger partial charge on any atom is -0.481 e. The Morgan fingerprint density at radius 2 is 2.12 bits per heavy atom. The summed E-state index contributed by atoms with van der Waals surface area (Å²) in [5, 5.41) is 9.90. The second kappa shape index (κ2) is 4.71. The Hall–Kier alpha value is -1.62. The van der Waals surface area contributed by atoms with Crippen LogP contribution in [0, 0.1) is 0 Å². The van der Waals surface area contributed by atoms with Crippen molar-refractivity contribution in [1.29, 1.82) is 0 Å². The molecule has 0 spiro atoms. The monoisotopic (exact) mass is 296 g/mol. The molecule has 0 fully saturated rings. The quantitative estimate of drug-likeness (QED) is 0.697. The molecule has 17 heavy (non-hydrogen) atoms. The second-order valence-corrected chi connectivity index (χ2v) is 4.20. The van der Waals surface area contributed by atoms with E-state index in [1.54, 1.807) is 24.3 Å². The predicted octanol–water partition coefficient (Wildman–Crippen LogP) is 2.32. The third kappa shape index (κ3) is 2.55. The van der Waals surface area contributed by atoms with Crippen LogP contribution in [-0.2, 0) is 16.5 Å². The highest BCUT2D eigenvalue weighted by atomic mass is 79.9. The molecule has 0 radical (unpaired) electrons. The highest BCUT2D eigenvalue weighted by Gasteiger charge is 2.06. The molecule has 1 N–H and O–H groups in total. The van der Waals surface area contributed by atoms with Crippen molar-refractivity contribution in [3.63, 3.8) is 0 Å². The van der Waals surface area contributed by atoms with Crippen molar-refractivity contribution in [2.45, 2.75) is 11.8 Å². The number of benzene rings is 1. The van der Waals surface area contributed by atoms with Gasteiger partial charge in [0.25, 0.3) is 0 Å². The van der Waals surface area contributed by atoms with Crippen LogP contribution in [0.1, 0.15) is 11.1 Å². The van der Waals surface area contributed by atoms with Crippen LogP contribution in [0.2, 0.25) is 0 Å². The number of hydrogen-bond acceptors (Lipinski definition) is 3. The van der Waals surface area contributed by atoms with E-state index in [1.165, 1.54) is 0 Å². The number of halogens is 1. The molecule has 0 bridgehead atoms. The SMILES string of the molecule is O=C(O)Cc1ccc2cc(CBr)c(=O)oc2c1. The fourth-order valence-electron chi connectivity index (χ4n) is 1.58. The maximum atomic E-state index is 11.5. The van der Waals surface area contributed by atoms with Crippen LogP contribution >= 0.6 is 15.9 Å². The average molecular weight is 297 g/mol. The van der Waals surface area contributed by atoms with Gasteiger partial charge in [-0.25, -0.2) is 4.79 Å². The van der Waals surface area contributed by atoms with Gasteiger partial charge >= 0.3 is 11.6 Å². The Bertz CT molecular complexity index is 630. The molecule has 5 heteroatoms. The van der Waals surface area contributed by atoms with Crippen LogP contribution in [0.4, 0.5) is 0 Å². The number of alkyl halides is 1. The van der Waals surface area contributed by atoms with E-state index in [2.05, 4.69) is 15.9 Å². The average Bonchev–Trinajstić information content (AvgIpc) is 2.27. The molecule has 0 unspecified atom stereocenters. The van der Waals surface area contributed by atoms with Crippen LogP contribution in [0.5, 0.6) is 0 Å². The molecular formula is C12H9BrO4. The van der Waals surface area contributed by atoms with E-state index < -0.39 is 11.6 Å². The first kappa shape index (κ1) is 11.9. The lowest BCUT2D eigenvalue weighted by molar-refractivity contribution is -0.136. The number of rotatable bonds is 3. The largest absolute Gasteiger partial charge is 0.481 e. The van der Waals surface area contributed by atoms with Crippen molar-refractivity contribution in [3.8, 4) is 0 Å². The fraction of sp³-hybridized carbons (Fsp3) is 0.167. The molecule has 2 rings (SSSR count). The minimum absolute atomic E-state index is 0.0835. The van der Waals surface area contributed by atoms with Gasteiger partial charge in [-0.1, -0.05) is 28.1 Å². The van der Waals surface area contributed by atoms with Gasteiger partial charge in [0.15, 0.2) is 0 Å². The van der Waals surface area contributed by atoms with Gasteiger partial charge < -0.3 is 9.52 Å². The maximum Gasteiger partial charge on any atom is 0.340 e. The molecule has 4 nitrogen and oxygen atoms in total. The van der Waals surface area contributed by atoms with Gasteiger partial charge in [-0.2, -0.15) is 0 Å². The number of carbonyl (C=O) groups is 1. The summed E-state index contributed by atoms with van der Waals surface area (Å²) in [6, 6.07) is 6.79. The Kier molecular flexibility index (Phi) is 3.28. The van der Waals surface area contributed by atoms with Crippen molar-refractivity contribution >= 4 is 32.9 Å². The summed E-state index contributed by atoms with van der Waals surface area (Å²) in [6.07, 6.45) is -0.0835. The highest BCUT2D eigenvalue weighted by Crippen LogP contribution is 2.17. The summed E-state index contributed by atoms with van der Waals surface area (Å²) in [7, 11) is 0. The van der Waals surface area contributed by atoms with Crippen molar-refractivity contribution in [3.05, 3.63) is 45.8 Å². The number of carboxylic acid groups (broad SMARTS) is 1. The second-order valence-electron chi connectivity index (χ2n) is 3.64. The Labute approximate surface area is 105 Å². The van der Waals surface area contributed by atoms with E-state index in [0.29, 0.717) is 22.0 Å². The first-order chi connectivity index (χ1) is 8.10. The maximum absolute atomic E-state index is 11.5. The molecule has 0 aliphatic heterocycles. The molecule has 1 aromatic carbocycles. The van der Waals surface area contributed by atoms with Crippen LogP contribution in [0.3, 0.4) is 0 Å². The molecule has 1 heterocycles.